The Kier molecular flexibility index (Phi) is 6.10. The van der Waals surface area contributed by atoms with Crippen LogP contribution in [0.15, 0.2) is 54.6 Å². The molecular formula is C17H22ClN3O2S. The van der Waals surface area contributed by atoms with Gasteiger partial charge in [0, 0.05) is 6.54 Å². The molecule has 24 heavy (non-hydrogen) atoms. The second-order valence-corrected chi connectivity index (χ2v) is 7.18. The number of nitrogens with zero attached hydrogens (tertiary/aromatic N) is 2. The molecular weight excluding hydrogens is 346 g/mol. The molecule has 1 aliphatic heterocycles. The lowest BCUT2D eigenvalue weighted by molar-refractivity contribution is 0.590. The number of hydrogen-bond acceptors (Lipinski definition) is 3. The van der Waals surface area contributed by atoms with Gasteiger partial charge in [-0.15, -0.1) is 12.4 Å². The Morgan fingerprint density at radius 1 is 0.917 bits per heavy atom. The molecule has 0 saturated carbocycles. The van der Waals surface area contributed by atoms with E-state index in [-0.39, 0.29) is 12.4 Å². The normalized spacial score (nSPS) is 15.0. The number of unbranched alkanes of at least 4 members (excludes halogenated alkanes) is 1. The van der Waals surface area contributed by atoms with Gasteiger partial charge in [-0.05, 0) is 50.7 Å². The van der Waals surface area contributed by atoms with Gasteiger partial charge in [0.2, 0.25) is 0 Å². The van der Waals surface area contributed by atoms with Gasteiger partial charge in [0.25, 0.3) is 0 Å². The largest absolute Gasteiger partial charge is 0.330 e. The fourth-order valence-corrected chi connectivity index (χ4v) is 4.57. The monoisotopic (exact) mass is 367 g/mol. The number of fused-ring (bicyclic) bond motifs is 1. The molecule has 5 nitrogen and oxygen atoms in total. The molecule has 0 aromatic heterocycles. The minimum Gasteiger partial charge on any atom is -0.320 e. The van der Waals surface area contributed by atoms with Crippen LogP contribution in [-0.2, 0) is 10.2 Å². The minimum atomic E-state index is -3.58. The first-order valence-electron chi connectivity index (χ1n) is 7.78. The summed E-state index contributed by atoms with van der Waals surface area (Å²) < 4.78 is 29.1. The van der Waals surface area contributed by atoms with Crippen LogP contribution in [0.2, 0.25) is 0 Å². The van der Waals surface area contributed by atoms with E-state index in [1.54, 1.807) is 0 Å². The van der Waals surface area contributed by atoms with Gasteiger partial charge >= 0.3 is 10.2 Å². The van der Waals surface area contributed by atoms with Gasteiger partial charge in [-0.2, -0.15) is 8.42 Å². The average molecular weight is 368 g/mol. The van der Waals surface area contributed by atoms with Crippen molar-refractivity contribution in [3.8, 4) is 0 Å². The van der Waals surface area contributed by atoms with Crippen LogP contribution < -0.4 is 13.9 Å². The summed E-state index contributed by atoms with van der Waals surface area (Å²) in [5, 5.41) is 3.09. The lowest BCUT2D eigenvalue weighted by Gasteiger charge is -2.21. The molecule has 0 unspecified atom stereocenters. The van der Waals surface area contributed by atoms with Crippen molar-refractivity contribution in [2.45, 2.75) is 12.8 Å². The highest BCUT2D eigenvalue weighted by Crippen LogP contribution is 2.44. The molecule has 2 aromatic carbocycles. The molecule has 1 aliphatic rings. The van der Waals surface area contributed by atoms with Crippen molar-refractivity contribution < 1.29 is 8.42 Å². The maximum Gasteiger partial charge on any atom is 0.330 e. The zero-order chi connectivity index (χ0) is 16.3. The molecule has 2 aromatic rings. The Morgan fingerprint density at radius 2 is 1.54 bits per heavy atom. The molecule has 0 aliphatic carbocycles. The van der Waals surface area contributed by atoms with Crippen LogP contribution in [0.5, 0.6) is 0 Å². The van der Waals surface area contributed by atoms with E-state index in [2.05, 4.69) is 5.32 Å². The fraction of sp³-hybridized carbons (Fsp3) is 0.294. The maximum atomic E-state index is 13.1. The van der Waals surface area contributed by atoms with Crippen LogP contribution in [-0.4, -0.2) is 28.6 Å². The Hall–Kier alpha value is -1.76. The quantitative estimate of drug-likeness (QED) is 0.797. The summed E-state index contributed by atoms with van der Waals surface area (Å²) in [6, 6.07) is 16.7. The van der Waals surface area contributed by atoms with Gasteiger partial charge in [0.1, 0.15) is 0 Å². The molecule has 1 heterocycles. The zero-order valence-electron chi connectivity index (χ0n) is 13.6. The minimum absolute atomic E-state index is 0. The average Bonchev–Trinajstić information content (AvgIpc) is 2.79. The second kappa shape index (κ2) is 7.88. The number of anilines is 3. The number of nitrogens with one attached hydrogen (secondary N) is 1. The van der Waals surface area contributed by atoms with Gasteiger partial charge in [0.15, 0.2) is 0 Å². The summed E-state index contributed by atoms with van der Waals surface area (Å²) in [7, 11) is -1.68. The van der Waals surface area contributed by atoms with Crippen LogP contribution in [0.1, 0.15) is 12.8 Å². The van der Waals surface area contributed by atoms with Crippen LogP contribution in [0, 0.1) is 0 Å². The molecule has 130 valence electrons. The zero-order valence-corrected chi connectivity index (χ0v) is 15.2. The number of hydrogen-bond donors (Lipinski definition) is 1. The van der Waals surface area contributed by atoms with Gasteiger partial charge in [0.05, 0.1) is 17.1 Å². The molecule has 0 spiro atoms. The molecule has 0 amide bonds. The predicted molar refractivity (Wildman–Crippen MR) is 102 cm³/mol. The van der Waals surface area contributed by atoms with Crippen molar-refractivity contribution in [2.24, 2.45) is 0 Å². The summed E-state index contributed by atoms with van der Waals surface area (Å²) in [4.78, 5) is 0. The van der Waals surface area contributed by atoms with Crippen molar-refractivity contribution in [2.75, 3.05) is 28.7 Å². The summed E-state index contributed by atoms with van der Waals surface area (Å²) in [5.41, 5.74) is 2.13. The van der Waals surface area contributed by atoms with E-state index < -0.39 is 10.2 Å². The van der Waals surface area contributed by atoms with Crippen molar-refractivity contribution in [3.63, 3.8) is 0 Å². The Bertz CT molecular complexity index is 768. The first kappa shape index (κ1) is 18.6. The smallest absolute Gasteiger partial charge is 0.320 e. The predicted octanol–water partition coefficient (Wildman–Crippen LogP) is 3.31. The lowest BCUT2D eigenvalue weighted by Crippen LogP contribution is -2.36. The first-order chi connectivity index (χ1) is 11.2. The van der Waals surface area contributed by atoms with Crippen molar-refractivity contribution in [1.29, 1.82) is 0 Å². The molecule has 0 radical (unpaired) electrons. The molecule has 1 N–H and O–H groups in total. The standard InChI is InChI=1S/C17H21N3O2S.ClH/c1-18-13-7-8-14-19-16-11-5-6-12-17(16)20(23(19,21)22)15-9-3-2-4-10-15;/h2-6,9-12,18H,7-8,13-14H2,1H3;1H. The highest BCUT2D eigenvalue weighted by atomic mass is 35.5. The molecule has 3 rings (SSSR count). The second-order valence-electron chi connectivity index (χ2n) is 5.48. The summed E-state index contributed by atoms with van der Waals surface area (Å²) >= 11 is 0. The Balaban J connectivity index is 0.00000208. The van der Waals surface area contributed by atoms with Crippen molar-refractivity contribution >= 4 is 39.7 Å². The van der Waals surface area contributed by atoms with Crippen molar-refractivity contribution in [1.82, 2.24) is 5.32 Å². The van der Waals surface area contributed by atoms with Gasteiger partial charge in [-0.1, -0.05) is 30.3 Å². The van der Waals surface area contributed by atoms with Crippen molar-refractivity contribution in [3.05, 3.63) is 54.6 Å². The highest BCUT2D eigenvalue weighted by Gasteiger charge is 2.40. The van der Waals surface area contributed by atoms with E-state index in [0.29, 0.717) is 17.9 Å². The topological polar surface area (TPSA) is 52.6 Å². The third-order valence-electron chi connectivity index (χ3n) is 3.91. The highest BCUT2D eigenvalue weighted by molar-refractivity contribution is 7.95. The third-order valence-corrected chi connectivity index (χ3v) is 5.71. The lowest BCUT2D eigenvalue weighted by atomic mass is 10.2. The molecule has 7 heteroatoms. The molecule has 0 saturated heterocycles. The van der Waals surface area contributed by atoms with E-state index >= 15 is 0 Å². The van der Waals surface area contributed by atoms with E-state index in [4.69, 9.17) is 0 Å². The number of rotatable bonds is 6. The number of benzene rings is 2. The molecule has 0 bridgehead atoms. The van der Waals surface area contributed by atoms with Crippen LogP contribution in [0.25, 0.3) is 0 Å². The summed E-state index contributed by atoms with van der Waals surface area (Å²) in [6.45, 7) is 1.38. The maximum absolute atomic E-state index is 13.1. The van der Waals surface area contributed by atoms with E-state index in [1.807, 2.05) is 61.6 Å². The third kappa shape index (κ3) is 3.36. The Morgan fingerprint density at radius 3 is 2.21 bits per heavy atom. The first-order valence-corrected chi connectivity index (χ1v) is 9.17. The van der Waals surface area contributed by atoms with E-state index in [1.165, 1.54) is 8.61 Å². The summed E-state index contributed by atoms with van der Waals surface area (Å²) in [6.07, 6.45) is 1.76. The molecule has 0 atom stereocenters. The van der Waals surface area contributed by atoms with E-state index in [9.17, 15) is 8.42 Å². The Labute approximate surface area is 149 Å². The van der Waals surface area contributed by atoms with Crippen LogP contribution in [0.3, 0.4) is 0 Å². The van der Waals surface area contributed by atoms with E-state index in [0.717, 1.165) is 25.1 Å². The molecule has 0 fully saturated rings. The fourth-order valence-electron chi connectivity index (χ4n) is 2.82. The number of halogens is 1. The van der Waals surface area contributed by atoms with Crippen LogP contribution >= 0.6 is 12.4 Å². The number of para-hydroxylation sites is 3. The SMILES string of the molecule is CNCCCCN1c2ccccc2N(c2ccccc2)S1(=O)=O.Cl. The van der Waals surface area contributed by atoms with Gasteiger partial charge in [-0.3, -0.25) is 4.31 Å². The summed E-state index contributed by atoms with van der Waals surface area (Å²) in [5.74, 6) is 0. The van der Waals surface area contributed by atoms with Crippen LogP contribution in [0.4, 0.5) is 17.1 Å². The van der Waals surface area contributed by atoms with Gasteiger partial charge in [-0.25, -0.2) is 4.31 Å². The van der Waals surface area contributed by atoms with Gasteiger partial charge < -0.3 is 5.32 Å².